The van der Waals surface area contributed by atoms with Gasteiger partial charge in [0.15, 0.2) is 18.1 Å². The molecule has 0 bridgehead atoms. The van der Waals surface area contributed by atoms with Gasteiger partial charge in [-0.05, 0) is 36.8 Å². The molecule has 0 unspecified atom stereocenters. The lowest BCUT2D eigenvalue weighted by atomic mass is 10.2. The molecule has 1 N–H and O–H groups in total. The zero-order valence-electron chi connectivity index (χ0n) is 13.5. The average Bonchev–Trinajstić information content (AvgIpc) is 2.62. The minimum absolute atomic E-state index is 0.0328. The van der Waals surface area contributed by atoms with E-state index in [9.17, 15) is 9.59 Å². The highest BCUT2D eigenvalue weighted by molar-refractivity contribution is 6.31. The summed E-state index contributed by atoms with van der Waals surface area (Å²) in [7, 11) is 0. The van der Waals surface area contributed by atoms with Crippen LogP contribution in [0.15, 0.2) is 42.5 Å². The monoisotopic (exact) mass is 361 g/mol. The molecule has 0 aromatic heterocycles. The van der Waals surface area contributed by atoms with E-state index in [1.165, 1.54) is 0 Å². The molecule has 0 saturated heterocycles. The zero-order chi connectivity index (χ0) is 17.8. The number of ether oxygens (including phenoxy) is 3. The molecule has 2 aromatic carbocycles. The fraction of sp³-hybridized carbons (Fsp3) is 0.222. The van der Waals surface area contributed by atoms with Gasteiger partial charge in [0.2, 0.25) is 6.10 Å². The molecule has 25 heavy (non-hydrogen) atoms. The third-order valence-corrected chi connectivity index (χ3v) is 3.98. The van der Waals surface area contributed by atoms with Gasteiger partial charge in [0, 0.05) is 10.7 Å². The Hall–Kier alpha value is -2.73. The molecule has 1 atom stereocenters. The summed E-state index contributed by atoms with van der Waals surface area (Å²) < 4.78 is 16.0. The van der Waals surface area contributed by atoms with Gasteiger partial charge >= 0.3 is 5.97 Å². The second-order valence-electron chi connectivity index (χ2n) is 5.48. The van der Waals surface area contributed by atoms with Crippen molar-refractivity contribution in [3.63, 3.8) is 0 Å². The highest BCUT2D eigenvalue weighted by Crippen LogP contribution is 2.31. The number of benzene rings is 2. The second kappa shape index (κ2) is 7.44. The Balaban J connectivity index is 1.50. The number of fused-ring (bicyclic) bond motifs is 1. The maximum atomic E-state index is 12.0. The van der Waals surface area contributed by atoms with Crippen molar-refractivity contribution < 1.29 is 23.8 Å². The standard InChI is InChI=1S/C18H16ClNO5/c1-11-6-7-12(8-13(11)19)20-17(21)10-24-18(22)16-9-23-14-4-2-3-5-15(14)25-16/h2-8,16H,9-10H2,1H3,(H,20,21)/t16-/m1/s1. The van der Waals surface area contributed by atoms with E-state index in [0.717, 1.165) is 5.56 Å². The lowest BCUT2D eigenvalue weighted by Gasteiger charge is -2.24. The Morgan fingerprint density at radius 1 is 1.24 bits per heavy atom. The number of esters is 1. The molecule has 130 valence electrons. The van der Waals surface area contributed by atoms with E-state index in [0.29, 0.717) is 22.2 Å². The van der Waals surface area contributed by atoms with Crippen LogP contribution < -0.4 is 14.8 Å². The number of para-hydroxylation sites is 2. The van der Waals surface area contributed by atoms with Gasteiger partial charge in [-0.15, -0.1) is 0 Å². The predicted molar refractivity (Wildman–Crippen MR) is 92.1 cm³/mol. The Kier molecular flexibility index (Phi) is 5.09. The van der Waals surface area contributed by atoms with E-state index in [-0.39, 0.29) is 6.61 Å². The zero-order valence-corrected chi connectivity index (χ0v) is 14.2. The molecule has 0 radical (unpaired) electrons. The van der Waals surface area contributed by atoms with Crippen LogP contribution in [0.1, 0.15) is 5.56 Å². The van der Waals surface area contributed by atoms with E-state index in [1.54, 1.807) is 36.4 Å². The third-order valence-electron chi connectivity index (χ3n) is 3.57. The summed E-state index contributed by atoms with van der Waals surface area (Å²) in [5.74, 6) is -0.0908. The highest BCUT2D eigenvalue weighted by atomic mass is 35.5. The first-order chi connectivity index (χ1) is 12.0. The normalized spacial score (nSPS) is 15.4. The number of nitrogens with one attached hydrogen (secondary N) is 1. The number of aryl methyl sites for hydroxylation is 1. The predicted octanol–water partition coefficient (Wildman–Crippen LogP) is 2.97. The summed E-state index contributed by atoms with van der Waals surface area (Å²) in [5, 5.41) is 3.15. The summed E-state index contributed by atoms with van der Waals surface area (Å²) in [6, 6.07) is 12.2. The quantitative estimate of drug-likeness (QED) is 0.847. The minimum Gasteiger partial charge on any atom is -0.485 e. The molecule has 1 aliphatic heterocycles. The molecule has 0 aliphatic carbocycles. The second-order valence-corrected chi connectivity index (χ2v) is 5.89. The Bertz CT molecular complexity index is 808. The maximum Gasteiger partial charge on any atom is 0.351 e. The van der Waals surface area contributed by atoms with Crippen LogP contribution in [0.2, 0.25) is 5.02 Å². The van der Waals surface area contributed by atoms with Crippen LogP contribution in [0.4, 0.5) is 5.69 Å². The van der Waals surface area contributed by atoms with E-state index in [2.05, 4.69) is 5.32 Å². The van der Waals surface area contributed by atoms with Gasteiger partial charge in [-0.3, -0.25) is 4.79 Å². The Morgan fingerprint density at radius 2 is 2.00 bits per heavy atom. The number of hydrogen-bond donors (Lipinski definition) is 1. The van der Waals surface area contributed by atoms with Crippen LogP contribution in [-0.2, 0) is 14.3 Å². The molecule has 0 fully saturated rings. The number of carbonyl (C=O) groups is 2. The van der Waals surface area contributed by atoms with Crippen molar-refractivity contribution in [1.82, 2.24) is 0 Å². The van der Waals surface area contributed by atoms with Crippen molar-refractivity contribution in [3.05, 3.63) is 53.1 Å². The van der Waals surface area contributed by atoms with Gasteiger partial charge in [0.25, 0.3) is 5.91 Å². The first kappa shape index (κ1) is 17.1. The fourth-order valence-electron chi connectivity index (χ4n) is 2.23. The smallest absolute Gasteiger partial charge is 0.351 e. The molecular weight excluding hydrogens is 346 g/mol. The number of hydrogen-bond acceptors (Lipinski definition) is 5. The largest absolute Gasteiger partial charge is 0.485 e. The van der Waals surface area contributed by atoms with Gasteiger partial charge < -0.3 is 19.5 Å². The molecule has 0 spiro atoms. The minimum atomic E-state index is -0.906. The number of halogens is 1. The van der Waals surface area contributed by atoms with Crippen LogP contribution >= 0.6 is 11.6 Å². The van der Waals surface area contributed by atoms with Gasteiger partial charge in [-0.2, -0.15) is 0 Å². The van der Waals surface area contributed by atoms with Crippen LogP contribution in [0.3, 0.4) is 0 Å². The van der Waals surface area contributed by atoms with Crippen molar-refractivity contribution in [2.75, 3.05) is 18.5 Å². The number of rotatable bonds is 4. The molecular formula is C18H16ClNO5. The molecule has 6 nitrogen and oxygen atoms in total. The number of amides is 1. The van der Waals surface area contributed by atoms with Crippen molar-refractivity contribution in [2.24, 2.45) is 0 Å². The molecule has 3 rings (SSSR count). The van der Waals surface area contributed by atoms with Crippen molar-refractivity contribution >= 4 is 29.2 Å². The summed E-state index contributed by atoms with van der Waals surface area (Å²) >= 11 is 6.00. The molecule has 1 amide bonds. The SMILES string of the molecule is Cc1ccc(NC(=O)COC(=O)[C@H]2COc3ccccc3O2)cc1Cl. The summed E-state index contributed by atoms with van der Waals surface area (Å²) in [4.78, 5) is 23.9. The third kappa shape index (κ3) is 4.22. The molecule has 2 aromatic rings. The van der Waals surface area contributed by atoms with Crippen LogP contribution in [-0.4, -0.2) is 31.2 Å². The van der Waals surface area contributed by atoms with Gasteiger partial charge in [0.1, 0.15) is 6.61 Å². The lowest BCUT2D eigenvalue weighted by molar-refractivity contribution is -0.156. The number of carbonyl (C=O) groups excluding carboxylic acids is 2. The van der Waals surface area contributed by atoms with Gasteiger partial charge in [0.05, 0.1) is 0 Å². The van der Waals surface area contributed by atoms with Crippen LogP contribution in [0, 0.1) is 6.92 Å². The van der Waals surface area contributed by atoms with Crippen molar-refractivity contribution in [1.29, 1.82) is 0 Å². The average molecular weight is 362 g/mol. The van der Waals surface area contributed by atoms with E-state index in [1.807, 2.05) is 13.0 Å². The topological polar surface area (TPSA) is 73.9 Å². The molecule has 1 aliphatic rings. The Morgan fingerprint density at radius 3 is 2.76 bits per heavy atom. The summed E-state index contributed by atoms with van der Waals surface area (Å²) in [6.45, 7) is 1.47. The first-order valence-corrected chi connectivity index (χ1v) is 8.02. The fourth-order valence-corrected chi connectivity index (χ4v) is 2.41. The van der Waals surface area contributed by atoms with Crippen LogP contribution in [0.5, 0.6) is 11.5 Å². The molecule has 1 heterocycles. The molecule has 7 heteroatoms. The Labute approximate surface area is 149 Å². The maximum absolute atomic E-state index is 12.0. The highest BCUT2D eigenvalue weighted by Gasteiger charge is 2.29. The van der Waals surface area contributed by atoms with Crippen molar-refractivity contribution in [2.45, 2.75) is 13.0 Å². The van der Waals surface area contributed by atoms with Gasteiger partial charge in [-0.25, -0.2) is 4.79 Å². The summed E-state index contributed by atoms with van der Waals surface area (Å²) in [5.41, 5.74) is 1.43. The van der Waals surface area contributed by atoms with E-state index in [4.69, 9.17) is 25.8 Å². The van der Waals surface area contributed by atoms with Gasteiger partial charge in [-0.1, -0.05) is 29.8 Å². The molecule has 0 saturated carbocycles. The lowest BCUT2D eigenvalue weighted by Crippen LogP contribution is -2.39. The van der Waals surface area contributed by atoms with E-state index < -0.39 is 24.6 Å². The number of anilines is 1. The first-order valence-electron chi connectivity index (χ1n) is 7.64. The summed E-state index contributed by atoms with van der Waals surface area (Å²) in [6.07, 6.45) is -0.906. The van der Waals surface area contributed by atoms with Crippen molar-refractivity contribution in [3.8, 4) is 11.5 Å². The van der Waals surface area contributed by atoms with E-state index >= 15 is 0 Å². The van der Waals surface area contributed by atoms with Crippen LogP contribution in [0.25, 0.3) is 0 Å².